The highest BCUT2D eigenvalue weighted by molar-refractivity contribution is 5.61. The molecule has 0 amide bonds. The zero-order valence-electron chi connectivity index (χ0n) is 12.8. The molecule has 0 radical (unpaired) electrons. The number of hydrogen-bond donors (Lipinski definition) is 2. The highest BCUT2D eigenvalue weighted by Crippen LogP contribution is 2.20. The van der Waals surface area contributed by atoms with Gasteiger partial charge in [0.05, 0.1) is 6.20 Å². The van der Waals surface area contributed by atoms with Crippen LogP contribution < -0.4 is 10.6 Å². The van der Waals surface area contributed by atoms with Crippen molar-refractivity contribution in [2.24, 2.45) is 0 Å². The summed E-state index contributed by atoms with van der Waals surface area (Å²) in [7, 11) is 0. The first-order chi connectivity index (χ1) is 11.1. The van der Waals surface area contributed by atoms with Gasteiger partial charge in [-0.25, -0.2) is 4.39 Å². The molecule has 0 saturated carbocycles. The van der Waals surface area contributed by atoms with E-state index in [0.29, 0.717) is 11.8 Å². The third-order valence-electron chi connectivity index (χ3n) is 3.30. The second-order valence-corrected chi connectivity index (χ2v) is 5.24. The van der Waals surface area contributed by atoms with Crippen LogP contribution >= 0.6 is 0 Å². The van der Waals surface area contributed by atoms with Crippen LogP contribution in [0, 0.1) is 19.7 Å². The molecule has 0 aliphatic carbocycles. The topological polar surface area (TPSA) is 62.7 Å². The minimum absolute atomic E-state index is 0.284. The zero-order valence-corrected chi connectivity index (χ0v) is 12.8. The van der Waals surface area contributed by atoms with Gasteiger partial charge in [-0.1, -0.05) is 17.7 Å². The maximum absolute atomic E-state index is 12.9. The van der Waals surface area contributed by atoms with Gasteiger partial charge in [0.2, 0.25) is 5.95 Å². The van der Waals surface area contributed by atoms with Gasteiger partial charge in [-0.05, 0) is 49.7 Å². The Morgan fingerprint density at radius 1 is 0.957 bits per heavy atom. The van der Waals surface area contributed by atoms with Crippen LogP contribution in [0.4, 0.5) is 27.5 Å². The molecule has 0 atom stereocenters. The second kappa shape index (κ2) is 6.39. The number of aryl methyl sites for hydroxylation is 2. The molecule has 0 saturated heterocycles. The zero-order chi connectivity index (χ0) is 16.2. The second-order valence-electron chi connectivity index (χ2n) is 5.24. The van der Waals surface area contributed by atoms with Crippen molar-refractivity contribution in [2.45, 2.75) is 13.8 Å². The van der Waals surface area contributed by atoms with Crippen LogP contribution in [0.25, 0.3) is 0 Å². The van der Waals surface area contributed by atoms with E-state index in [2.05, 4.69) is 31.9 Å². The standard InChI is InChI=1S/C17H16FN5/c1-11-3-8-15(12(2)9-11)21-17-22-16(10-19-23-17)20-14-6-4-13(18)5-7-14/h3-10H,1-2H3,(H2,20,21,22,23). The molecule has 2 aromatic carbocycles. The summed E-state index contributed by atoms with van der Waals surface area (Å²) >= 11 is 0. The van der Waals surface area contributed by atoms with Crippen molar-refractivity contribution >= 4 is 23.1 Å². The lowest BCUT2D eigenvalue weighted by molar-refractivity contribution is 0.628. The normalized spacial score (nSPS) is 10.4. The Labute approximate surface area is 133 Å². The van der Waals surface area contributed by atoms with E-state index in [4.69, 9.17) is 0 Å². The molecule has 0 unspecified atom stereocenters. The largest absolute Gasteiger partial charge is 0.339 e. The van der Waals surface area contributed by atoms with Gasteiger partial charge in [0, 0.05) is 11.4 Å². The van der Waals surface area contributed by atoms with Crippen molar-refractivity contribution in [3.63, 3.8) is 0 Å². The van der Waals surface area contributed by atoms with E-state index in [0.717, 1.165) is 16.9 Å². The first-order valence-corrected chi connectivity index (χ1v) is 7.17. The summed E-state index contributed by atoms with van der Waals surface area (Å²) < 4.78 is 12.9. The molecule has 0 aliphatic rings. The van der Waals surface area contributed by atoms with Gasteiger partial charge in [0.1, 0.15) is 5.82 Å². The molecule has 3 rings (SSSR count). The van der Waals surface area contributed by atoms with Gasteiger partial charge in [0.25, 0.3) is 0 Å². The number of anilines is 4. The number of aromatic nitrogens is 3. The molecule has 1 aromatic heterocycles. The van der Waals surface area contributed by atoms with Gasteiger partial charge in [-0.2, -0.15) is 10.1 Å². The van der Waals surface area contributed by atoms with E-state index in [-0.39, 0.29) is 5.82 Å². The van der Waals surface area contributed by atoms with E-state index in [9.17, 15) is 4.39 Å². The molecule has 23 heavy (non-hydrogen) atoms. The van der Waals surface area contributed by atoms with Crippen LogP contribution in [0.5, 0.6) is 0 Å². The van der Waals surface area contributed by atoms with E-state index >= 15 is 0 Å². The summed E-state index contributed by atoms with van der Waals surface area (Å²) in [5.41, 5.74) is 3.95. The molecule has 2 N–H and O–H groups in total. The molecule has 5 nitrogen and oxygen atoms in total. The van der Waals surface area contributed by atoms with Gasteiger partial charge in [-0.3, -0.25) is 0 Å². The average Bonchev–Trinajstić information content (AvgIpc) is 2.53. The van der Waals surface area contributed by atoms with Crippen LogP contribution in [0.1, 0.15) is 11.1 Å². The Hall–Kier alpha value is -3.02. The summed E-state index contributed by atoms with van der Waals surface area (Å²) in [6, 6.07) is 12.1. The lowest BCUT2D eigenvalue weighted by atomic mass is 10.1. The smallest absolute Gasteiger partial charge is 0.249 e. The van der Waals surface area contributed by atoms with Gasteiger partial charge in [0.15, 0.2) is 5.82 Å². The summed E-state index contributed by atoms with van der Waals surface area (Å²) in [6.07, 6.45) is 1.51. The van der Waals surface area contributed by atoms with E-state index < -0.39 is 0 Å². The predicted molar refractivity (Wildman–Crippen MR) is 88.7 cm³/mol. The van der Waals surface area contributed by atoms with Crippen molar-refractivity contribution in [3.05, 3.63) is 65.6 Å². The molecule has 3 aromatic rings. The maximum atomic E-state index is 12.9. The first-order valence-electron chi connectivity index (χ1n) is 7.17. The van der Waals surface area contributed by atoms with Crippen molar-refractivity contribution in [1.29, 1.82) is 0 Å². The quantitative estimate of drug-likeness (QED) is 0.759. The minimum Gasteiger partial charge on any atom is -0.339 e. The minimum atomic E-state index is -0.284. The molecule has 6 heteroatoms. The van der Waals surface area contributed by atoms with Crippen molar-refractivity contribution in [2.75, 3.05) is 10.6 Å². The lowest BCUT2D eigenvalue weighted by Crippen LogP contribution is -2.03. The number of benzene rings is 2. The fraction of sp³-hybridized carbons (Fsp3) is 0.118. The number of nitrogens with zero attached hydrogens (tertiary/aromatic N) is 3. The Morgan fingerprint density at radius 3 is 2.48 bits per heavy atom. The number of nitrogens with one attached hydrogen (secondary N) is 2. The molecular weight excluding hydrogens is 293 g/mol. The van der Waals surface area contributed by atoms with E-state index in [1.807, 2.05) is 26.0 Å². The molecule has 0 bridgehead atoms. The van der Waals surface area contributed by atoms with Crippen LogP contribution in [0.15, 0.2) is 48.7 Å². The maximum Gasteiger partial charge on any atom is 0.249 e. The fourth-order valence-corrected chi connectivity index (χ4v) is 2.17. The molecule has 116 valence electrons. The molecule has 0 fully saturated rings. The van der Waals surface area contributed by atoms with Crippen molar-refractivity contribution in [1.82, 2.24) is 15.2 Å². The van der Waals surface area contributed by atoms with Crippen LogP contribution in [-0.2, 0) is 0 Å². The average molecular weight is 309 g/mol. The fourth-order valence-electron chi connectivity index (χ4n) is 2.17. The number of rotatable bonds is 4. The molecule has 0 spiro atoms. The molecule has 1 heterocycles. The Kier molecular flexibility index (Phi) is 4.14. The predicted octanol–water partition coefficient (Wildman–Crippen LogP) is 4.11. The summed E-state index contributed by atoms with van der Waals surface area (Å²) in [5.74, 6) is 0.636. The Bertz CT molecular complexity index is 817. The highest BCUT2D eigenvalue weighted by Gasteiger charge is 2.04. The Balaban J connectivity index is 1.78. The first kappa shape index (κ1) is 14.9. The van der Waals surface area contributed by atoms with Gasteiger partial charge >= 0.3 is 0 Å². The summed E-state index contributed by atoms with van der Waals surface area (Å²) in [4.78, 5) is 4.36. The van der Waals surface area contributed by atoms with Crippen LogP contribution in [-0.4, -0.2) is 15.2 Å². The van der Waals surface area contributed by atoms with Gasteiger partial charge in [-0.15, -0.1) is 5.10 Å². The van der Waals surface area contributed by atoms with E-state index in [1.54, 1.807) is 12.1 Å². The lowest BCUT2D eigenvalue weighted by Gasteiger charge is -2.10. The highest BCUT2D eigenvalue weighted by atomic mass is 19.1. The molecule has 0 aliphatic heterocycles. The van der Waals surface area contributed by atoms with E-state index in [1.165, 1.54) is 23.9 Å². The molecular formula is C17H16FN5. The van der Waals surface area contributed by atoms with Gasteiger partial charge < -0.3 is 10.6 Å². The van der Waals surface area contributed by atoms with Crippen molar-refractivity contribution < 1.29 is 4.39 Å². The Morgan fingerprint density at radius 2 is 1.74 bits per heavy atom. The SMILES string of the molecule is Cc1ccc(Nc2nncc(Nc3ccc(F)cc3)n2)c(C)c1. The summed E-state index contributed by atoms with van der Waals surface area (Å²) in [6.45, 7) is 4.06. The van der Waals surface area contributed by atoms with Crippen molar-refractivity contribution in [3.8, 4) is 0 Å². The van der Waals surface area contributed by atoms with Crippen LogP contribution in [0.2, 0.25) is 0 Å². The van der Waals surface area contributed by atoms with Crippen LogP contribution in [0.3, 0.4) is 0 Å². The number of halogens is 1. The monoisotopic (exact) mass is 309 g/mol. The third-order valence-corrected chi connectivity index (χ3v) is 3.30. The summed E-state index contributed by atoms with van der Waals surface area (Å²) in [5, 5.41) is 14.1. The number of hydrogen-bond acceptors (Lipinski definition) is 5. The third kappa shape index (κ3) is 3.79.